The predicted molar refractivity (Wildman–Crippen MR) is 89.5 cm³/mol. The van der Waals surface area contributed by atoms with E-state index in [1.807, 2.05) is 0 Å². The third kappa shape index (κ3) is 5.56. The molecule has 29 heavy (non-hydrogen) atoms. The van der Waals surface area contributed by atoms with E-state index in [0.29, 0.717) is 11.3 Å². The van der Waals surface area contributed by atoms with Crippen LogP contribution in [0.25, 0.3) is 0 Å². The van der Waals surface area contributed by atoms with Crippen molar-refractivity contribution in [2.75, 3.05) is 11.9 Å². The lowest BCUT2D eigenvalue weighted by atomic mass is 9.71. The van der Waals surface area contributed by atoms with Crippen LogP contribution in [0.1, 0.15) is 18.4 Å². The number of carboxylic acids is 2. The van der Waals surface area contributed by atoms with Crippen LogP contribution in [0.3, 0.4) is 0 Å². The predicted octanol–water partition coefficient (Wildman–Crippen LogP) is 1.14. The molecule has 5 N–H and O–H groups in total. The Morgan fingerprint density at radius 3 is 2.28 bits per heavy atom. The van der Waals surface area contributed by atoms with E-state index in [1.165, 1.54) is 6.07 Å². The maximum Gasteiger partial charge on any atom is 0.490 e. The van der Waals surface area contributed by atoms with Gasteiger partial charge < -0.3 is 26.0 Å². The van der Waals surface area contributed by atoms with E-state index < -0.39 is 35.7 Å². The molecule has 1 unspecified atom stereocenters. The number of aliphatic carboxylic acids is 2. The number of hydrogen-bond acceptors (Lipinski definition) is 5. The number of carboxylic acid groups (broad SMARTS) is 2. The van der Waals surface area contributed by atoms with Gasteiger partial charge in [0.1, 0.15) is 11.9 Å². The van der Waals surface area contributed by atoms with Crippen molar-refractivity contribution in [2.24, 2.45) is 5.92 Å². The molecule has 0 bridgehead atoms. The summed E-state index contributed by atoms with van der Waals surface area (Å²) in [6.45, 7) is 0.00657. The number of rotatable bonds is 4. The highest BCUT2D eigenvalue weighted by molar-refractivity contribution is 5.87. The Balaban J connectivity index is 0.000000370. The highest BCUT2D eigenvalue weighted by atomic mass is 19.4. The number of halogens is 4. The number of alkyl halides is 3. The quantitative estimate of drug-likeness (QED) is 0.459. The molecule has 0 saturated heterocycles. The third-order valence-corrected chi connectivity index (χ3v) is 4.61. The van der Waals surface area contributed by atoms with E-state index in [2.05, 4.69) is 10.6 Å². The normalized spacial score (nSPS) is 24.9. The van der Waals surface area contributed by atoms with Crippen molar-refractivity contribution in [3.8, 4) is 0 Å². The van der Waals surface area contributed by atoms with Gasteiger partial charge in [-0.05, 0) is 25.0 Å². The van der Waals surface area contributed by atoms with E-state index in [1.54, 1.807) is 12.1 Å². The summed E-state index contributed by atoms with van der Waals surface area (Å²) in [5.74, 6) is -4.92. The maximum absolute atomic E-state index is 13.6. The van der Waals surface area contributed by atoms with Gasteiger partial charge in [0.15, 0.2) is 0 Å². The van der Waals surface area contributed by atoms with Gasteiger partial charge in [-0.25, -0.2) is 9.18 Å². The summed E-state index contributed by atoms with van der Waals surface area (Å²) in [5.41, 5.74) is -0.0699. The lowest BCUT2D eigenvalue weighted by Gasteiger charge is -2.41. The van der Waals surface area contributed by atoms with Gasteiger partial charge in [0, 0.05) is 24.2 Å². The molecular weight excluding hydrogens is 404 g/mol. The van der Waals surface area contributed by atoms with Gasteiger partial charge in [-0.2, -0.15) is 13.2 Å². The van der Waals surface area contributed by atoms with Crippen molar-refractivity contribution in [3.63, 3.8) is 0 Å². The number of hydrogen-bond donors (Lipinski definition) is 5. The van der Waals surface area contributed by atoms with Gasteiger partial charge in [0.05, 0.1) is 11.5 Å². The fourth-order valence-corrected chi connectivity index (χ4v) is 3.05. The van der Waals surface area contributed by atoms with Crippen molar-refractivity contribution in [1.29, 1.82) is 0 Å². The van der Waals surface area contributed by atoms with Crippen LogP contribution in [0, 0.1) is 11.7 Å². The molecule has 3 rings (SSSR count). The molecule has 1 saturated carbocycles. The van der Waals surface area contributed by atoms with Crippen LogP contribution in [0.15, 0.2) is 18.2 Å². The van der Waals surface area contributed by atoms with Crippen molar-refractivity contribution in [2.45, 2.75) is 37.1 Å². The van der Waals surface area contributed by atoms with Crippen molar-refractivity contribution >= 4 is 23.5 Å². The molecule has 0 radical (unpaired) electrons. The fourth-order valence-electron chi connectivity index (χ4n) is 3.05. The number of aliphatic hydroxyl groups is 1. The molecular formula is C17H18F4N2O6. The molecule has 0 aromatic heterocycles. The summed E-state index contributed by atoms with van der Waals surface area (Å²) < 4.78 is 45.4. The van der Waals surface area contributed by atoms with Crippen LogP contribution >= 0.6 is 0 Å². The molecule has 1 heterocycles. The summed E-state index contributed by atoms with van der Waals surface area (Å²) in [6.07, 6.45) is -4.56. The molecule has 1 aromatic rings. The van der Waals surface area contributed by atoms with Gasteiger partial charge in [-0.15, -0.1) is 0 Å². The van der Waals surface area contributed by atoms with Crippen LogP contribution < -0.4 is 10.6 Å². The Bertz CT molecular complexity index is 808. The molecule has 1 aliphatic carbocycles. The van der Waals surface area contributed by atoms with Crippen molar-refractivity contribution in [1.82, 2.24) is 5.32 Å². The minimum absolute atomic E-state index is 0.00657. The molecule has 1 aliphatic heterocycles. The van der Waals surface area contributed by atoms with E-state index in [0.717, 1.165) is 0 Å². The van der Waals surface area contributed by atoms with Gasteiger partial charge in [-0.1, -0.05) is 6.07 Å². The molecule has 160 valence electrons. The van der Waals surface area contributed by atoms with E-state index >= 15 is 0 Å². The monoisotopic (exact) mass is 422 g/mol. The Hall–Kier alpha value is -2.89. The molecule has 1 fully saturated rings. The standard InChI is InChI=1S/C15H17FN2O4.C2HF3O2/c16-10-2-1-3-11-9(10)4-12(18-11)13(19)17-7-15(22)5-8(6-15)14(20)21;3-2(4,5)1(6)7/h1-3,8,12,18,22H,4-7H2,(H,17,19)(H,20,21);(H,6,7). The summed E-state index contributed by atoms with van der Waals surface area (Å²) in [6, 6.07) is 4.06. The third-order valence-electron chi connectivity index (χ3n) is 4.61. The van der Waals surface area contributed by atoms with Crippen LogP contribution in [-0.4, -0.2) is 57.5 Å². The molecule has 1 aromatic carbocycles. The second kappa shape index (κ2) is 8.23. The second-order valence-corrected chi connectivity index (χ2v) is 6.86. The minimum Gasteiger partial charge on any atom is -0.481 e. The average Bonchev–Trinajstić information content (AvgIpc) is 3.02. The van der Waals surface area contributed by atoms with E-state index in [4.69, 9.17) is 15.0 Å². The number of fused-ring (bicyclic) bond motifs is 1. The minimum atomic E-state index is -5.08. The lowest BCUT2D eigenvalue weighted by Crippen LogP contribution is -2.55. The second-order valence-electron chi connectivity index (χ2n) is 6.86. The van der Waals surface area contributed by atoms with Crippen LogP contribution in [0.5, 0.6) is 0 Å². The van der Waals surface area contributed by atoms with Crippen LogP contribution in [-0.2, 0) is 20.8 Å². The molecule has 0 spiro atoms. The summed E-state index contributed by atoms with van der Waals surface area (Å²) >= 11 is 0. The number of nitrogens with one attached hydrogen (secondary N) is 2. The van der Waals surface area contributed by atoms with Crippen LogP contribution in [0.4, 0.5) is 23.2 Å². The smallest absolute Gasteiger partial charge is 0.481 e. The topological polar surface area (TPSA) is 136 Å². The van der Waals surface area contributed by atoms with Crippen LogP contribution in [0.2, 0.25) is 0 Å². The number of anilines is 1. The highest BCUT2D eigenvalue weighted by Gasteiger charge is 2.46. The largest absolute Gasteiger partial charge is 0.490 e. The number of amides is 1. The zero-order valence-electron chi connectivity index (χ0n) is 14.8. The summed E-state index contributed by atoms with van der Waals surface area (Å²) in [7, 11) is 0. The Morgan fingerprint density at radius 1 is 1.21 bits per heavy atom. The van der Waals surface area contributed by atoms with Gasteiger partial charge >= 0.3 is 18.1 Å². The SMILES string of the molecule is O=C(O)C(F)(F)F.O=C(O)C1CC(O)(CNC(=O)C2Cc3c(F)cccc3N2)C1. The number of benzene rings is 1. The molecule has 1 atom stereocenters. The first-order valence-corrected chi connectivity index (χ1v) is 8.39. The number of carbonyl (C=O) groups excluding carboxylic acids is 1. The van der Waals surface area contributed by atoms with E-state index in [9.17, 15) is 32.3 Å². The zero-order chi connectivity index (χ0) is 22.0. The van der Waals surface area contributed by atoms with Gasteiger partial charge in [0.2, 0.25) is 5.91 Å². The lowest BCUT2D eigenvalue weighted by molar-refractivity contribution is -0.192. The Morgan fingerprint density at radius 2 is 1.79 bits per heavy atom. The average molecular weight is 422 g/mol. The first-order valence-electron chi connectivity index (χ1n) is 8.39. The highest BCUT2D eigenvalue weighted by Crippen LogP contribution is 2.37. The van der Waals surface area contributed by atoms with Gasteiger partial charge in [-0.3, -0.25) is 9.59 Å². The van der Waals surface area contributed by atoms with Crippen molar-refractivity contribution < 1.29 is 47.3 Å². The van der Waals surface area contributed by atoms with Gasteiger partial charge in [0.25, 0.3) is 0 Å². The first kappa shape index (κ1) is 22.4. The first-order chi connectivity index (χ1) is 13.3. The molecule has 2 aliphatic rings. The van der Waals surface area contributed by atoms with Crippen molar-refractivity contribution in [3.05, 3.63) is 29.6 Å². The molecule has 12 heteroatoms. The summed E-state index contributed by atoms with van der Waals surface area (Å²) in [4.78, 5) is 31.7. The fraction of sp³-hybridized carbons (Fsp3) is 0.471. The maximum atomic E-state index is 13.6. The Kier molecular flexibility index (Phi) is 6.36. The Labute approximate surface area is 161 Å². The summed E-state index contributed by atoms with van der Waals surface area (Å²) in [5, 5.41) is 31.6. The number of carbonyl (C=O) groups is 3. The zero-order valence-corrected chi connectivity index (χ0v) is 14.8. The molecule has 8 nitrogen and oxygen atoms in total. The van der Waals surface area contributed by atoms with E-state index in [-0.39, 0.29) is 37.5 Å². The molecule has 1 amide bonds.